The van der Waals surface area contributed by atoms with Gasteiger partial charge in [0, 0.05) is 23.6 Å². The highest BCUT2D eigenvalue weighted by atomic mass is 19.1. The van der Waals surface area contributed by atoms with Crippen LogP contribution in [0.4, 0.5) is 10.3 Å². The van der Waals surface area contributed by atoms with E-state index in [1.54, 1.807) is 23.1 Å². The van der Waals surface area contributed by atoms with Crippen LogP contribution in [-0.4, -0.2) is 20.5 Å². The zero-order valence-corrected chi connectivity index (χ0v) is 13.7. The van der Waals surface area contributed by atoms with E-state index in [1.807, 2.05) is 12.1 Å². The van der Waals surface area contributed by atoms with Crippen LogP contribution in [0.5, 0.6) is 0 Å². The lowest BCUT2D eigenvalue weighted by molar-refractivity contribution is -0.117. The van der Waals surface area contributed by atoms with E-state index in [0.29, 0.717) is 24.4 Å². The molecule has 0 amide bonds. The molecular formula is C19H15FN4O2. The van der Waals surface area contributed by atoms with Crippen molar-refractivity contribution in [1.82, 2.24) is 14.8 Å². The Morgan fingerprint density at radius 1 is 1.19 bits per heavy atom. The van der Waals surface area contributed by atoms with Crippen LogP contribution in [0.15, 0.2) is 64.7 Å². The summed E-state index contributed by atoms with van der Waals surface area (Å²) in [5.41, 5.74) is 2.30. The Morgan fingerprint density at radius 3 is 2.81 bits per heavy atom. The molecule has 1 N–H and O–H groups in total. The number of Topliss-reactive ketones (excluding diaryl/α,β-unsaturated/α-hetero) is 1. The number of halogens is 1. The first-order chi connectivity index (χ1) is 12.7. The van der Waals surface area contributed by atoms with Crippen molar-refractivity contribution < 1.29 is 13.6 Å². The monoisotopic (exact) mass is 350 g/mol. The maximum atomic E-state index is 13.4. The first-order valence-corrected chi connectivity index (χ1v) is 8.42. The van der Waals surface area contributed by atoms with Crippen LogP contribution >= 0.6 is 0 Å². The van der Waals surface area contributed by atoms with Gasteiger partial charge in [0.15, 0.2) is 5.78 Å². The van der Waals surface area contributed by atoms with E-state index in [-0.39, 0.29) is 17.5 Å². The SMILES string of the molecule is O=C1C[C@@H](c2ccco2)CC2=C1[C@H](c1ccc(F)cc1)n1ncnc1N2. The molecule has 0 spiro atoms. The summed E-state index contributed by atoms with van der Waals surface area (Å²) in [7, 11) is 0. The second-order valence-electron chi connectivity index (χ2n) is 6.54. The van der Waals surface area contributed by atoms with E-state index < -0.39 is 6.04 Å². The van der Waals surface area contributed by atoms with Crippen molar-refractivity contribution in [2.75, 3.05) is 5.32 Å². The Bertz CT molecular complexity index is 1000. The van der Waals surface area contributed by atoms with Gasteiger partial charge in [0.25, 0.3) is 0 Å². The molecule has 6 nitrogen and oxygen atoms in total. The summed E-state index contributed by atoms with van der Waals surface area (Å²) in [6.07, 6.45) is 4.09. The largest absolute Gasteiger partial charge is 0.469 e. The second kappa shape index (κ2) is 5.66. The fourth-order valence-corrected chi connectivity index (χ4v) is 3.83. The number of hydrogen-bond donors (Lipinski definition) is 1. The molecule has 1 aliphatic carbocycles. The molecule has 0 unspecified atom stereocenters. The van der Waals surface area contributed by atoms with Gasteiger partial charge in [-0.1, -0.05) is 12.1 Å². The molecule has 1 aromatic carbocycles. The maximum Gasteiger partial charge on any atom is 0.226 e. The zero-order valence-electron chi connectivity index (χ0n) is 13.7. The number of hydrogen-bond acceptors (Lipinski definition) is 5. The first kappa shape index (κ1) is 15.1. The first-order valence-electron chi connectivity index (χ1n) is 8.42. The Labute approximate surface area is 148 Å². The predicted octanol–water partition coefficient (Wildman–Crippen LogP) is 3.43. The minimum absolute atomic E-state index is 0.00732. The van der Waals surface area contributed by atoms with E-state index in [2.05, 4.69) is 15.4 Å². The van der Waals surface area contributed by atoms with Crippen molar-refractivity contribution in [3.05, 3.63) is 77.4 Å². The number of ketones is 1. The van der Waals surface area contributed by atoms with Crippen LogP contribution in [0.2, 0.25) is 0 Å². The number of benzene rings is 1. The number of carbonyl (C=O) groups is 1. The quantitative estimate of drug-likeness (QED) is 0.767. The Kier molecular flexibility index (Phi) is 3.28. The van der Waals surface area contributed by atoms with Crippen molar-refractivity contribution in [2.24, 2.45) is 0 Å². The molecule has 0 saturated heterocycles. The number of rotatable bonds is 2. The summed E-state index contributed by atoms with van der Waals surface area (Å²) in [5.74, 6) is 1.09. The molecule has 0 bridgehead atoms. The van der Waals surface area contributed by atoms with Crippen molar-refractivity contribution in [2.45, 2.75) is 24.8 Å². The minimum atomic E-state index is -0.408. The predicted molar refractivity (Wildman–Crippen MR) is 90.9 cm³/mol. The molecule has 130 valence electrons. The van der Waals surface area contributed by atoms with E-state index >= 15 is 0 Å². The summed E-state index contributed by atoms with van der Waals surface area (Å²) in [4.78, 5) is 17.3. The van der Waals surface area contributed by atoms with Gasteiger partial charge in [-0.3, -0.25) is 4.79 Å². The fourth-order valence-electron chi connectivity index (χ4n) is 3.83. The number of nitrogens with one attached hydrogen (secondary N) is 1. The average molecular weight is 350 g/mol. The van der Waals surface area contributed by atoms with Crippen molar-refractivity contribution in [1.29, 1.82) is 0 Å². The molecule has 2 atom stereocenters. The van der Waals surface area contributed by atoms with Gasteiger partial charge in [-0.25, -0.2) is 9.07 Å². The summed E-state index contributed by atoms with van der Waals surface area (Å²) < 4.78 is 20.6. The lowest BCUT2D eigenvalue weighted by atomic mass is 9.79. The molecule has 7 heteroatoms. The van der Waals surface area contributed by atoms with Crippen LogP contribution in [0.3, 0.4) is 0 Å². The van der Waals surface area contributed by atoms with Gasteiger partial charge in [0.05, 0.1) is 6.26 Å². The third-order valence-corrected chi connectivity index (χ3v) is 4.99. The molecule has 2 aliphatic rings. The summed E-state index contributed by atoms with van der Waals surface area (Å²) in [6, 6.07) is 9.48. The minimum Gasteiger partial charge on any atom is -0.469 e. The van der Waals surface area contributed by atoms with Gasteiger partial charge < -0.3 is 9.73 Å². The highest BCUT2D eigenvalue weighted by Gasteiger charge is 2.39. The van der Waals surface area contributed by atoms with Crippen LogP contribution in [0.25, 0.3) is 0 Å². The number of carbonyl (C=O) groups excluding carboxylic acids is 1. The lowest BCUT2D eigenvalue weighted by Crippen LogP contribution is -2.33. The molecule has 3 heterocycles. The molecule has 3 aromatic rings. The third-order valence-electron chi connectivity index (χ3n) is 4.99. The third kappa shape index (κ3) is 2.28. The molecule has 5 rings (SSSR count). The topological polar surface area (TPSA) is 73.0 Å². The number of aromatic nitrogens is 3. The Morgan fingerprint density at radius 2 is 2.04 bits per heavy atom. The van der Waals surface area contributed by atoms with Gasteiger partial charge >= 0.3 is 0 Å². The number of fused-ring (bicyclic) bond motifs is 1. The number of allylic oxidation sites excluding steroid dienone is 2. The van der Waals surface area contributed by atoms with Crippen molar-refractivity contribution >= 4 is 11.7 Å². The van der Waals surface area contributed by atoms with Crippen LogP contribution < -0.4 is 5.32 Å². The van der Waals surface area contributed by atoms with Gasteiger partial charge in [0.1, 0.15) is 23.9 Å². The van der Waals surface area contributed by atoms with Crippen LogP contribution in [0, 0.1) is 5.82 Å². The molecular weight excluding hydrogens is 335 g/mol. The van der Waals surface area contributed by atoms with Crippen LogP contribution in [-0.2, 0) is 4.79 Å². The number of furan rings is 1. The highest BCUT2D eigenvalue weighted by Crippen LogP contribution is 2.43. The molecule has 0 saturated carbocycles. The van der Waals surface area contributed by atoms with Crippen molar-refractivity contribution in [3.8, 4) is 0 Å². The standard InChI is InChI=1S/C19H15FN4O2/c20-13-5-3-11(4-6-13)18-17-14(23-19-21-10-22-24(18)19)8-12(9-15(17)25)16-2-1-7-26-16/h1-7,10,12,18H,8-9H2,(H,21,22,23)/t12-,18-/m0/s1. The second-order valence-corrected chi connectivity index (χ2v) is 6.54. The molecule has 0 radical (unpaired) electrons. The van der Waals surface area contributed by atoms with E-state index in [0.717, 1.165) is 17.0 Å². The Balaban J connectivity index is 1.62. The summed E-state index contributed by atoms with van der Waals surface area (Å²) in [6.45, 7) is 0. The highest BCUT2D eigenvalue weighted by molar-refractivity contribution is 6.00. The van der Waals surface area contributed by atoms with Gasteiger partial charge in [-0.2, -0.15) is 10.1 Å². The van der Waals surface area contributed by atoms with Gasteiger partial charge in [-0.15, -0.1) is 0 Å². The van der Waals surface area contributed by atoms with Gasteiger partial charge in [-0.05, 0) is 36.2 Å². The molecule has 2 aromatic heterocycles. The van der Waals surface area contributed by atoms with E-state index in [1.165, 1.54) is 18.5 Å². The molecule has 1 aliphatic heterocycles. The normalized spacial score (nSPS) is 22.0. The average Bonchev–Trinajstić information content (AvgIpc) is 3.32. The number of anilines is 1. The summed E-state index contributed by atoms with van der Waals surface area (Å²) >= 11 is 0. The summed E-state index contributed by atoms with van der Waals surface area (Å²) in [5, 5.41) is 7.52. The van der Waals surface area contributed by atoms with Crippen molar-refractivity contribution in [3.63, 3.8) is 0 Å². The van der Waals surface area contributed by atoms with Gasteiger partial charge in [0.2, 0.25) is 5.95 Å². The van der Waals surface area contributed by atoms with E-state index in [4.69, 9.17) is 4.42 Å². The fraction of sp³-hybridized carbons (Fsp3) is 0.211. The number of nitrogens with zero attached hydrogens (tertiary/aromatic N) is 3. The lowest BCUT2D eigenvalue weighted by Gasteiger charge is -2.34. The molecule has 26 heavy (non-hydrogen) atoms. The zero-order chi connectivity index (χ0) is 17.7. The molecule has 0 fully saturated rings. The maximum absolute atomic E-state index is 13.4. The van der Waals surface area contributed by atoms with Crippen LogP contribution in [0.1, 0.15) is 36.1 Å². The van der Waals surface area contributed by atoms with E-state index in [9.17, 15) is 9.18 Å². The smallest absolute Gasteiger partial charge is 0.226 e. The Hall–Kier alpha value is -3.22.